The van der Waals surface area contributed by atoms with Crippen LogP contribution in [0.15, 0.2) is 60.0 Å². The molecule has 0 amide bonds. The van der Waals surface area contributed by atoms with E-state index in [4.69, 9.17) is 4.74 Å². The number of rotatable bonds is 5. The zero-order valence-electron chi connectivity index (χ0n) is 9.69. The monoisotopic (exact) mass is 240 g/mol. The molecule has 1 aromatic carbocycles. The summed E-state index contributed by atoms with van der Waals surface area (Å²) in [7, 11) is 0. The summed E-state index contributed by atoms with van der Waals surface area (Å²) in [4.78, 5) is 14.1. The second-order valence-corrected chi connectivity index (χ2v) is 3.63. The summed E-state index contributed by atoms with van der Waals surface area (Å²) in [6.45, 7) is 0.485. The van der Waals surface area contributed by atoms with Gasteiger partial charge in [-0.25, -0.2) is 4.98 Å². The van der Waals surface area contributed by atoms with Gasteiger partial charge in [-0.15, -0.1) is 4.91 Å². The van der Waals surface area contributed by atoms with Crippen molar-refractivity contribution in [3.63, 3.8) is 0 Å². The minimum Gasteiger partial charge on any atom is -0.473 e. The number of nitroso groups, excluding NO2 is 1. The van der Waals surface area contributed by atoms with Crippen LogP contribution in [0.5, 0.6) is 5.88 Å². The zero-order valence-corrected chi connectivity index (χ0v) is 9.69. The van der Waals surface area contributed by atoms with Crippen LogP contribution in [0.2, 0.25) is 0 Å². The molecule has 0 aliphatic carbocycles. The van der Waals surface area contributed by atoms with Crippen LogP contribution >= 0.6 is 0 Å². The second-order valence-electron chi connectivity index (χ2n) is 3.63. The van der Waals surface area contributed by atoms with Gasteiger partial charge in [0.25, 0.3) is 0 Å². The molecule has 0 N–H and O–H groups in total. The van der Waals surface area contributed by atoms with Crippen LogP contribution in [0.1, 0.15) is 11.1 Å². The first-order chi connectivity index (χ1) is 8.88. The Kier molecular flexibility index (Phi) is 4.19. The van der Waals surface area contributed by atoms with E-state index in [0.717, 1.165) is 11.1 Å². The van der Waals surface area contributed by atoms with Crippen molar-refractivity contribution in [1.82, 2.24) is 4.98 Å². The van der Waals surface area contributed by atoms with E-state index in [1.165, 1.54) is 6.20 Å². The molecule has 0 aliphatic heterocycles. The third kappa shape index (κ3) is 3.52. The van der Waals surface area contributed by atoms with Crippen molar-refractivity contribution in [1.29, 1.82) is 0 Å². The summed E-state index contributed by atoms with van der Waals surface area (Å²) in [6.07, 6.45) is 4.39. The van der Waals surface area contributed by atoms with Gasteiger partial charge in [0.2, 0.25) is 5.88 Å². The van der Waals surface area contributed by atoms with Crippen molar-refractivity contribution in [3.05, 3.63) is 70.9 Å². The van der Waals surface area contributed by atoms with Gasteiger partial charge in [-0.3, -0.25) is 0 Å². The Morgan fingerprint density at radius 1 is 1.17 bits per heavy atom. The van der Waals surface area contributed by atoms with Gasteiger partial charge in [-0.1, -0.05) is 30.3 Å². The van der Waals surface area contributed by atoms with Crippen LogP contribution in [0.4, 0.5) is 0 Å². The Hall–Kier alpha value is -2.49. The summed E-state index contributed by atoms with van der Waals surface area (Å²) in [5, 5.41) is 2.64. The predicted molar refractivity (Wildman–Crippen MR) is 69.8 cm³/mol. The number of nitrogens with zero attached hydrogens (tertiary/aromatic N) is 2. The lowest BCUT2D eigenvalue weighted by molar-refractivity contribution is 0.294. The Morgan fingerprint density at radius 2 is 2.00 bits per heavy atom. The molecule has 4 heteroatoms. The Morgan fingerprint density at radius 3 is 2.67 bits per heavy atom. The van der Waals surface area contributed by atoms with Crippen LogP contribution in [-0.4, -0.2) is 4.98 Å². The molecule has 4 nitrogen and oxygen atoms in total. The van der Waals surface area contributed by atoms with Crippen LogP contribution in [0.3, 0.4) is 0 Å². The number of hydrogen-bond donors (Lipinski definition) is 0. The number of hydrogen-bond acceptors (Lipinski definition) is 4. The summed E-state index contributed by atoms with van der Waals surface area (Å²) in [6, 6.07) is 13.4. The number of benzene rings is 1. The summed E-state index contributed by atoms with van der Waals surface area (Å²) in [5.74, 6) is 0.551. The fourth-order valence-electron chi connectivity index (χ4n) is 1.42. The van der Waals surface area contributed by atoms with Crippen molar-refractivity contribution >= 4 is 6.08 Å². The van der Waals surface area contributed by atoms with E-state index in [1.807, 2.05) is 36.4 Å². The van der Waals surface area contributed by atoms with Gasteiger partial charge < -0.3 is 4.74 Å². The molecule has 0 atom stereocenters. The SMILES string of the molecule is O=NC=Cc1ccc(OCc2ccccc2)nc1. The molecular weight excluding hydrogens is 228 g/mol. The van der Waals surface area contributed by atoms with Crippen molar-refractivity contribution in [3.8, 4) is 5.88 Å². The van der Waals surface area contributed by atoms with E-state index in [0.29, 0.717) is 12.5 Å². The van der Waals surface area contributed by atoms with E-state index in [9.17, 15) is 4.91 Å². The molecule has 0 spiro atoms. The normalized spacial score (nSPS) is 10.4. The van der Waals surface area contributed by atoms with E-state index < -0.39 is 0 Å². The molecular formula is C14H12N2O2. The topological polar surface area (TPSA) is 51.5 Å². The first kappa shape index (κ1) is 12.0. The highest BCUT2D eigenvalue weighted by Gasteiger charge is 1.96. The minimum absolute atomic E-state index is 0.485. The van der Waals surface area contributed by atoms with E-state index >= 15 is 0 Å². The first-order valence-corrected chi connectivity index (χ1v) is 5.50. The average molecular weight is 240 g/mol. The van der Waals surface area contributed by atoms with Crippen molar-refractivity contribution in [2.24, 2.45) is 5.18 Å². The molecule has 0 unspecified atom stereocenters. The Labute approximate surface area is 105 Å². The molecule has 1 heterocycles. The highest BCUT2D eigenvalue weighted by atomic mass is 16.5. The third-order valence-corrected chi connectivity index (χ3v) is 2.32. The van der Waals surface area contributed by atoms with Crippen molar-refractivity contribution in [2.45, 2.75) is 6.61 Å². The van der Waals surface area contributed by atoms with Crippen LogP contribution in [0, 0.1) is 4.91 Å². The standard InChI is InChI=1S/C14H12N2O2/c17-16-9-8-12-6-7-14(15-10-12)18-11-13-4-2-1-3-5-13/h1-10H,11H2. The minimum atomic E-state index is 0.485. The maximum atomic E-state index is 9.92. The van der Waals surface area contributed by atoms with Gasteiger partial charge in [-0.05, 0) is 28.4 Å². The lowest BCUT2D eigenvalue weighted by Gasteiger charge is -2.05. The molecule has 0 bridgehead atoms. The van der Waals surface area contributed by atoms with Crippen LogP contribution in [0.25, 0.3) is 6.08 Å². The van der Waals surface area contributed by atoms with Gasteiger partial charge >= 0.3 is 0 Å². The lowest BCUT2D eigenvalue weighted by atomic mass is 10.2. The molecule has 1 aromatic heterocycles. The highest BCUT2D eigenvalue weighted by molar-refractivity contribution is 5.47. The lowest BCUT2D eigenvalue weighted by Crippen LogP contribution is -1.96. The fraction of sp³-hybridized carbons (Fsp3) is 0.0714. The summed E-state index contributed by atoms with van der Waals surface area (Å²) >= 11 is 0. The summed E-state index contributed by atoms with van der Waals surface area (Å²) in [5.41, 5.74) is 1.90. The van der Waals surface area contributed by atoms with E-state index in [2.05, 4.69) is 10.2 Å². The molecule has 0 saturated heterocycles. The van der Waals surface area contributed by atoms with E-state index in [-0.39, 0.29) is 0 Å². The maximum Gasteiger partial charge on any atom is 0.213 e. The van der Waals surface area contributed by atoms with Gasteiger partial charge in [0.1, 0.15) is 6.61 Å². The second kappa shape index (κ2) is 6.30. The first-order valence-electron chi connectivity index (χ1n) is 5.50. The molecule has 2 aromatic rings. The maximum absolute atomic E-state index is 9.92. The van der Waals surface area contributed by atoms with Gasteiger partial charge in [0.05, 0.1) is 6.20 Å². The fourth-order valence-corrected chi connectivity index (χ4v) is 1.42. The molecule has 90 valence electrons. The average Bonchev–Trinajstić information content (AvgIpc) is 2.45. The number of ether oxygens (including phenoxy) is 1. The van der Waals surface area contributed by atoms with Crippen molar-refractivity contribution in [2.75, 3.05) is 0 Å². The molecule has 0 aliphatic rings. The van der Waals surface area contributed by atoms with Gasteiger partial charge in [0.15, 0.2) is 0 Å². The predicted octanol–water partition coefficient (Wildman–Crippen LogP) is 3.40. The molecule has 0 radical (unpaired) electrons. The van der Waals surface area contributed by atoms with Gasteiger partial charge in [-0.2, -0.15) is 0 Å². The van der Waals surface area contributed by atoms with Crippen molar-refractivity contribution < 1.29 is 4.74 Å². The molecule has 0 fully saturated rings. The quantitative estimate of drug-likeness (QED) is 0.752. The third-order valence-electron chi connectivity index (χ3n) is 2.32. The molecule has 18 heavy (non-hydrogen) atoms. The van der Waals surface area contributed by atoms with Crippen LogP contribution < -0.4 is 4.74 Å². The number of pyridine rings is 1. The Bertz CT molecular complexity index is 521. The Balaban J connectivity index is 1.94. The molecule has 0 saturated carbocycles. The smallest absolute Gasteiger partial charge is 0.213 e. The van der Waals surface area contributed by atoms with Gasteiger partial charge in [0, 0.05) is 12.3 Å². The zero-order chi connectivity index (χ0) is 12.6. The van der Waals surface area contributed by atoms with E-state index in [1.54, 1.807) is 18.3 Å². The summed E-state index contributed by atoms with van der Waals surface area (Å²) < 4.78 is 5.53. The molecule has 2 rings (SSSR count). The van der Waals surface area contributed by atoms with Crippen LogP contribution in [-0.2, 0) is 6.61 Å². The number of aromatic nitrogens is 1. The largest absolute Gasteiger partial charge is 0.473 e. The highest BCUT2D eigenvalue weighted by Crippen LogP contribution is 2.11.